The largest absolute Gasteiger partial charge is 0.460 e. The monoisotopic (exact) mass is 460 g/mol. The molecule has 0 N–H and O–H groups in total. The molecular weight excluding hydrogens is 436 g/mol. The van der Waals surface area contributed by atoms with Gasteiger partial charge in [-0.15, -0.1) is 11.3 Å². The molecule has 0 unspecified atom stereocenters. The van der Waals surface area contributed by atoms with Crippen molar-refractivity contribution in [1.82, 2.24) is 4.68 Å². The van der Waals surface area contributed by atoms with Crippen molar-refractivity contribution in [3.8, 4) is 11.3 Å². The number of nitro benzene ring substituents is 1. The number of aryl methyl sites for hydroxylation is 1. The van der Waals surface area contributed by atoms with Crippen LogP contribution in [0.15, 0.2) is 80.6 Å². The van der Waals surface area contributed by atoms with E-state index in [2.05, 4.69) is 26.0 Å². The first kappa shape index (κ1) is 22.4. The number of nitro groups is 1. The molecule has 4 rings (SSSR count). The van der Waals surface area contributed by atoms with Gasteiger partial charge in [0, 0.05) is 23.1 Å². The number of hydrogen-bond acceptors (Lipinski definition) is 6. The zero-order valence-corrected chi connectivity index (χ0v) is 19.7. The van der Waals surface area contributed by atoms with E-state index in [4.69, 9.17) is 14.5 Å². The smallest absolute Gasteiger partial charge is 0.269 e. The maximum absolute atomic E-state index is 11.0. The van der Waals surface area contributed by atoms with Gasteiger partial charge in [0.15, 0.2) is 0 Å². The van der Waals surface area contributed by atoms with Crippen LogP contribution in [0.5, 0.6) is 0 Å². The summed E-state index contributed by atoms with van der Waals surface area (Å²) in [5, 5.41) is 17.8. The maximum atomic E-state index is 11.0. The third-order valence-electron chi connectivity index (χ3n) is 5.19. The number of benzene rings is 2. The Morgan fingerprint density at radius 1 is 1.06 bits per heavy atom. The molecule has 7 nitrogen and oxygen atoms in total. The molecule has 2 heterocycles. The summed E-state index contributed by atoms with van der Waals surface area (Å²) in [6.45, 7) is 8.08. The summed E-state index contributed by atoms with van der Waals surface area (Å²) in [4.78, 5) is 16.1. The molecule has 0 amide bonds. The molecule has 0 fully saturated rings. The first-order valence-corrected chi connectivity index (χ1v) is 11.4. The molecule has 0 atom stereocenters. The van der Waals surface area contributed by atoms with Gasteiger partial charge in [-0.3, -0.25) is 10.1 Å². The van der Waals surface area contributed by atoms with E-state index in [1.165, 1.54) is 29.0 Å². The summed E-state index contributed by atoms with van der Waals surface area (Å²) in [7, 11) is 0. The average molecular weight is 461 g/mol. The lowest BCUT2D eigenvalue weighted by Gasteiger charge is -2.06. The molecule has 0 aliphatic carbocycles. The van der Waals surface area contributed by atoms with E-state index in [0.29, 0.717) is 22.2 Å². The van der Waals surface area contributed by atoms with Crippen LogP contribution in [-0.2, 0) is 0 Å². The summed E-state index contributed by atoms with van der Waals surface area (Å²) in [6, 6.07) is 18.4. The number of furan rings is 1. The normalized spacial score (nSPS) is 12.5. The maximum Gasteiger partial charge on any atom is 0.269 e. The summed E-state index contributed by atoms with van der Waals surface area (Å²) < 4.78 is 7.49. The van der Waals surface area contributed by atoms with E-state index in [1.807, 2.05) is 43.5 Å². The molecule has 0 aliphatic heterocycles. The van der Waals surface area contributed by atoms with E-state index in [9.17, 15) is 10.1 Å². The van der Waals surface area contributed by atoms with Crippen molar-refractivity contribution in [2.45, 2.75) is 33.6 Å². The van der Waals surface area contributed by atoms with Crippen molar-refractivity contribution in [2.75, 3.05) is 0 Å². The minimum Gasteiger partial charge on any atom is -0.460 e. The van der Waals surface area contributed by atoms with Gasteiger partial charge in [-0.05, 0) is 61.7 Å². The van der Waals surface area contributed by atoms with Crippen molar-refractivity contribution in [3.05, 3.63) is 98.0 Å². The SMILES string of the molecule is CC(=Nn1c(-c2ccc([N+](=O)[O-])cc2)csc1=Nc1ccc(C(C)C)cc1)c1ccc(C)o1. The van der Waals surface area contributed by atoms with Gasteiger partial charge >= 0.3 is 0 Å². The molecular formula is C25H24N4O3S. The fourth-order valence-electron chi connectivity index (χ4n) is 3.30. The standard InChI is InChI=1S/C25H24N4O3S/c1-16(2)19-6-10-21(11-7-19)26-25-28(27-18(4)24-14-5-17(3)32-24)23(15-33-25)20-8-12-22(13-9-20)29(30)31/h5-16H,1-4H3. The lowest BCUT2D eigenvalue weighted by atomic mass is 10.0. The van der Waals surface area contributed by atoms with Gasteiger partial charge in [0.1, 0.15) is 17.2 Å². The Labute approximate surface area is 195 Å². The molecule has 33 heavy (non-hydrogen) atoms. The number of thiazole rings is 1. The van der Waals surface area contributed by atoms with Gasteiger partial charge in [0.05, 0.1) is 16.3 Å². The van der Waals surface area contributed by atoms with E-state index >= 15 is 0 Å². The van der Waals surface area contributed by atoms with Gasteiger partial charge in [-0.2, -0.15) is 5.10 Å². The number of nitrogens with zero attached hydrogens (tertiary/aromatic N) is 4. The van der Waals surface area contributed by atoms with E-state index in [0.717, 1.165) is 22.7 Å². The van der Waals surface area contributed by atoms with Crippen molar-refractivity contribution in [2.24, 2.45) is 10.1 Å². The molecule has 2 aromatic heterocycles. The third kappa shape index (κ3) is 5.01. The van der Waals surface area contributed by atoms with Crippen LogP contribution in [0.4, 0.5) is 11.4 Å². The molecule has 0 aliphatic rings. The van der Waals surface area contributed by atoms with Crippen LogP contribution in [0.3, 0.4) is 0 Å². The zero-order chi connectivity index (χ0) is 23.5. The quantitative estimate of drug-likeness (QED) is 0.183. The Hall–Kier alpha value is -3.78. The van der Waals surface area contributed by atoms with E-state index in [-0.39, 0.29) is 5.69 Å². The van der Waals surface area contributed by atoms with Gasteiger partial charge in [0.2, 0.25) is 4.80 Å². The Balaban J connectivity index is 1.83. The summed E-state index contributed by atoms with van der Waals surface area (Å²) in [6.07, 6.45) is 0. The molecule has 0 radical (unpaired) electrons. The second-order valence-corrected chi connectivity index (χ2v) is 8.81. The Bertz CT molecular complexity index is 1370. The molecule has 0 spiro atoms. The number of aromatic nitrogens is 1. The predicted octanol–water partition coefficient (Wildman–Crippen LogP) is 6.65. The summed E-state index contributed by atoms with van der Waals surface area (Å²) in [5.74, 6) is 1.93. The number of hydrogen-bond donors (Lipinski definition) is 0. The molecule has 4 aromatic rings. The predicted molar refractivity (Wildman–Crippen MR) is 131 cm³/mol. The molecule has 8 heteroatoms. The second kappa shape index (κ2) is 9.38. The topological polar surface area (TPSA) is 85.9 Å². The summed E-state index contributed by atoms with van der Waals surface area (Å²) >= 11 is 1.45. The Morgan fingerprint density at radius 2 is 1.76 bits per heavy atom. The van der Waals surface area contributed by atoms with Crippen molar-refractivity contribution in [3.63, 3.8) is 0 Å². The van der Waals surface area contributed by atoms with Crippen LogP contribution in [0.2, 0.25) is 0 Å². The Morgan fingerprint density at radius 3 is 2.33 bits per heavy atom. The van der Waals surface area contributed by atoms with Crippen LogP contribution < -0.4 is 4.80 Å². The van der Waals surface area contributed by atoms with Crippen molar-refractivity contribution < 1.29 is 9.34 Å². The van der Waals surface area contributed by atoms with Crippen LogP contribution in [-0.4, -0.2) is 15.3 Å². The highest BCUT2D eigenvalue weighted by Gasteiger charge is 2.12. The molecule has 0 bridgehead atoms. The van der Waals surface area contributed by atoms with Crippen LogP contribution in [0.1, 0.15) is 43.8 Å². The van der Waals surface area contributed by atoms with Crippen LogP contribution >= 0.6 is 11.3 Å². The molecule has 168 valence electrons. The molecule has 2 aromatic carbocycles. The first-order valence-electron chi connectivity index (χ1n) is 10.5. The van der Waals surface area contributed by atoms with Gasteiger partial charge < -0.3 is 4.42 Å². The highest BCUT2D eigenvalue weighted by Crippen LogP contribution is 2.24. The Kier molecular flexibility index (Phi) is 6.37. The fourth-order valence-corrected chi connectivity index (χ4v) is 4.15. The highest BCUT2D eigenvalue weighted by atomic mass is 32.1. The minimum absolute atomic E-state index is 0.0430. The highest BCUT2D eigenvalue weighted by molar-refractivity contribution is 7.07. The first-order chi connectivity index (χ1) is 15.8. The molecule has 0 saturated carbocycles. The third-order valence-corrected chi connectivity index (χ3v) is 6.01. The lowest BCUT2D eigenvalue weighted by Crippen LogP contribution is -2.13. The van der Waals surface area contributed by atoms with Crippen molar-refractivity contribution >= 4 is 28.4 Å². The fraction of sp³-hybridized carbons (Fsp3) is 0.200. The van der Waals surface area contributed by atoms with Crippen molar-refractivity contribution in [1.29, 1.82) is 0 Å². The van der Waals surface area contributed by atoms with Crippen LogP contribution in [0, 0.1) is 17.0 Å². The van der Waals surface area contributed by atoms with Gasteiger partial charge in [-0.25, -0.2) is 9.67 Å². The average Bonchev–Trinajstić information content (AvgIpc) is 3.40. The zero-order valence-electron chi connectivity index (χ0n) is 18.9. The second-order valence-electron chi connectivity index (χ2n) is 7.97. The number of rotatable bonds is 6. The van der Waals surface area contributed by atoms with Gasteiger partial charge in [-0.1, -0.05) is 26.0 Å². The van der Waals surface area contributed by atoms with E-state index < -0.39 is 4.92 Å². The van der Waals surface area contributed by atoms with Gasteiger partial charge in [0.25, 0.3) is 5.69 Å². The van der Waals surface area contributed by atoms with Crippen LogP contribution in [0.25, 0.3) is 11.3 Å². The van der Waals surface area contributed by atoms with E-state index in [1.54, 1.807) is 16.8 Å². The minimum atomic E-state index is -0.408. The lowest BCUT2D eigenvalue weighted by molar-refractivity contribution is -0.384. The summed E-state index contributed by atoms with van der Waals surface area (Å²) in [5.41, 5.74) is 4.41. The number of non-ortho nitro benzene ring substituents is 1. The molecule has 0 saturated heterocycles.